The van der Waals surface area contributed by atoms with E-state index in [0.29, 0.717) is 18.9 Å². The van der Waals surface area contributed by atoms with E-state index >= 15 is 0 Å². The SMILES string of the molecule is CCC(C(=O)O)C1CCc2cc(OCCc3nc(C4CCCC4)oc3C)ccc21. The smallest absolute Gasteiger partial charge is 0.307 e. The molecule has 1 heterocycles. The predicted molar refractivity (Wildman–Crippen MR) is 111 cm³/mol. The number of aryl methyl sites for hydroxylation is 2. The molecule has 0 spiro atoms. The molecule has 4 rings (SSSR count). The van der Waals surface area contributed by atoms with E-state index in [1.807, 2.05) is 19.9 Å². The van der Waals surface area contributed by atoms with Gasteiger partial charge in [-0.2, -0.15) is 0 Å². The minimum atomic E-state index is -0.689. The summed E-state index contributed by atoms with van der Waals surface area (Å²) in [5.41, 5.74) is 3.41. The van der Waals surface area contributed by atoms with Crippen LogP contribution in [0.25, 0.3) is 0 Å². The number of ether oxygens (including phenoxy) is 1. The van der Waals surface area contributed by atoms with Gasteiger partial charge in [-0.15, -0.1) is 0 Å². The molecule has 29 heavy (non-hydrogen) atoms. The Morgan fingerprint density at radius 2 is 2.10 bits per heavy atom. The highest BCUT2D eigenvalue weighted by molar-refractivity contribution is 5.71. The summed E-state index contributed by atoms with van der Waals surface area (Å²) in [7, 11) is 0. The number of fused-ring (bicyclic) bond motifs is 1. The summed E-state index contributed by atoms with van der Waals surface area (Å²) in [5, 5.41) is 9.49. The lowest BCUT2D eigenvalue weighted by molar-refractivity contribution is -0.142. The van der Waals surface area contributed by atoms with Gasteiger partial charge < -0.3 is 14.3 Å². The first kappa shape index (κ1) is 20.0. The van der Waals surface area contributed by atoms with Crippen LogP contribution >= 0.6 is 0 Å². The molecule has 2 aromatic rings. The summed E-state index contributed by atoms with van der Waals surface area (Å²) in [6, 6.07) is 6.13. The summed E-state index contributed by atoms with van der Waals surface area (Å²) in [6.45, 7) is 4.51. The van der Waals surface area contributed by atoms with Crippen LogP contribution in [0.15, 0.2) is 22.6 Å². The van der Waals surface area contributed by atoms with Crippen molar-refractivity contribution in [1.82, 2.24) is 4.98 Å². The number of oxazole rings is 1. The molecule has 0 amide bonds. The van der Waals surface area contributed by atoms with Crippen LogP contribution in [0.1, 0.15) is 85.8 Å². The van der Waals surface area contributed by atoms with E-state index in [2.05, 4.69) is 12.1 Å². The Morgan fingerprint density at radius 1 is 1.31 bits per heavy atom. The van der Waals surface area contributed by atoms with Crippen molar-refractivity contribution in [3.05, 3.63) is 46.7 Å². The zero-order chi connectivity index (χ0) is 20.4. The number of hydrogen-bond acceptors (Lipinski definition) is 4. The van der Waals surface area contributed by atoms with Crippen LogP contribution in [-0.4, -0.2) is 22.7 Å². The van der Waals surface area contributed by atoms with Crippen molar-refractivity contribution in [1.29, 1.82) is 0 Å². The summed E-state index contributed by atoms with van der Waals surface area (Å²) in [4.78, 5) is 16.3. The normalized spacial score (nSPS) is 20.0. The molecule has 0 aliphatic heterocycles. The average molecular weight is 398 g/mol. The highest BCUT2D eigenvalue weighted by Crippen LogP contribution is 2.41. The maximum Gasteiger partial charge on any atom is 0.307 e. The molecule has 2 aliphatic carbocycles. The van der Waals surface area contributed by atoms with Crippen molar-refractivity contribution in [2.24, 2.45) is 5.92 Å². The number of carboxylic acid groups (broad SMARTS) is 1. The first-order chi connectivity index (χ1) is 14.1. The topological polar surface area (TPSA) is 72.6 Å². The second-order valence-electron chi connectivity index (χ2n) is 8.49. The fourth-order valence-corrected chi connectivity index (χ4v) is 5.06. The number of rotatable bonds is 8. The molecule has 1 fully saturated rings. The van der Waals surface area contributed by atoms with E-state index in [1.165, 1.54) is 36.8 Å². The number of aliphatic carboxylic acids is 1. The van der Waals surface area contributed by atoms with Gasteiger partial charge in [-0.05, 0) is 68.2 Å². The molecule has 0 saturated heterocycles. The Kier molecular flexibility index (Phi) is 5.93. The molecule has 1 N–H and O–H groups in total. The lowest BCUT2D eigenvalue weighted by atomic mass is 9.85. The molecule has 156 valence electrons. The Balaban J connectivity index is 1.36. The Morgan fingerprint density at radius 3 is 2.83 bits per heavy atom. The van der Waals surface area contributed by atoms with E-state index < -0.39 is 5.97 Å². The molecule has 0 radical (unpaired) electrons. The van der Waals surface area contributed by atoms with Crippen LogP contribution in [0, 0.1) is 12.8 Å². The number of aromatic nitrogens is 1. The highest BCUT2D eigenvalue weighted by Gasteiger charge is 2.33. The molecule has 2 unspecified atom stereocenters. The summed E-state index contributed by atoms with van der Waals surface area (Å²) in [6.07, 6.45) is 8.15. The monoisotopic (exact) mass is 397 g/mol. The van der Waals surface area contributed by atoms with Gasteiger partial charge in [0.05, 0.1) is 18.2 Å². The molecule has 5 heteroatoms. The van der Waals surface area contributed by atoms with Crippen molar-refractivity contribution < 1.29 is 19.1 Å². The Labute approximate surface area is 172 Å². The third-order valence-electron chi connectivity index (χ3n) is 6.70. The quantitative estimate of drug-likeness (QED) is 0.645. The van der Waals surface area contributed by atoms with Crippen LogP contribution < -0.4 is 4.74 Å². The van der Waals surface area contributed by atoms with E-state index in [1.54, 1.807) is 0 Å². The summed E-state index contributed by atoms with van der Waals surface area (Å²) < 4.78 is 11.9. The van der Waals surface area contributed by atoms with E-state index in [4.69, 9.17) is 14.1 Å². The Bertz CT molecular complexity index is 866. The van der Waals surface area contributed by atoms with Gasteiger partial charge in [0, 0.05) is 12.3 Å². The standard InChI is InChI=1S/C24H31NO4/c1-3-19(24(26)27)21-10-8-17-14-18(9-11-20(17)21)28-13-12-22-15(2)29-23(25-22)16-6-4-5-7-16/h9,11,14,16,19,21H,3-8,10,12-13H2,1-2H3,(H,26,27). The molecule has 5 nitrogen and oxygen atoms in total. The molecular weight excluding hydrogens is 366 g/mol. The number of carboxylic acids is 1. The minimum absolute atomic E-state index is 0.119. The lowest BCUT2D eigenvalue weighted by Gasteiger charge is -2.19. The van der Waals surface area contributed by atoms with E-state index in [0.717, 1.165) is 42.4 Å². The summed E-state index contributed by atoms with van der Waals surface area (Å²) in [5.74, 6) is 2.29. The van der Waals surface area contributed by atoms with Crippen molar-refractivity contribution in [2.45, 2.75) is 77.0 Å². The van der Waals surface area contributed by atoms with Crippen LogP contribution in [-0.2, 0) is 17.6 Å². The van der Waals surface area contributed by atoms with Gasteiger partial charge in [0.15, 0.2) is 5.89 Å². The van der Waals surface area contributed by atoms with Gasteiger partial charge in [0.2, 0.25) is 0 Å². The molecule has 1 saturated carbocycles. The number of hydrogen-bond donors (Lipinski definition) is 1. The third kappa shape index (κ3) is 4.19. The van der Waals surface area contributed by atoms with Gasteiger partial charge in [-0.25, -0.2) is 4.98 Å². The Hall–Kier alpha value is -2.30. The third-order valence-corrected chi connectivity index (χ3v) is 6.70. The predicted octanol–water partition coefficient (Wildman–Crippen LogP) is 5.40. The van der Waals surface area contributed by atoms with Gasteiger partial charge in [0.1, 0.15) is 11.5 Å². The fourth-order valence-electron chi connectivity index (χ4n) is 5.06. The zero-order valence-corrected chi connectivity index (χ0v) is 17.4. The highest BCUT2D eigenvalue weighted by atomic mass is 16.5. The maximum atomic E-state index is 11.5. The van der Waals surface area contributed by atoms with Crippen LogP contribution in [0.5, 0.6) is 5.75 Å². The van der Waals surface area contributed by atoms with Crippen LogP contribution in [0.4, 0.5) is 0 Å². The molecular formula is C24H31NO4. The molecule has 2 aliphatic rings. The second-order valence-corrected chi connectivity index (χ2v) is 8.49. The van der Waals surface area contributed by atoms with Gasteiger partial charge in [-0.1, -0.05) is 25.8 Å². The first-order valence-corrected chi connectivity index (χ1v) is 11.0. The average Bonchev–Trinajstić information content (AvgIpc) is 3.43. The second kappa shape index (κ2) is 8.60. The lowest BCUT2D eigenvalue weighted by Crippen LogP contribution is -2.19. The van der Waals surface area contributed by atoms with Gasteiger partial charge >= 0.3 is 5.97 Å². The van der Waals surface area contributed by atoms with E-state index in [9.17, 15) is 9.90 Å². The van der Waals surface area contributed by atoms with Crippen molar-refractivity contribution in [2.75, 3.05) is 6.61 Å². The van der Waals surface area contributed by atoms with Crippen molar-refractivity contribution >= 4 is 5.97 Å². The van der Waals surface area contributed by atoms with E-state index in [-0.39, 0.29) is 11.8 Å². The number of benzene rings is 1. The minimum Gasteiger partial charge on any atom is -0.493 e. The van der Waals surface area contributed by atoms with Crippen LogP contribution in [0.2, 0.25) is 0 Å². The van der Waals surface area contributed by atoms with Crippen molar-refractivity contribution in [3.63, 3.8) is 0 Å². The molecule has 1 aromatic carbocycles. The summed E-state index contributed by atoms with van der Waals surface area (Å²) >= 11 is 0. The molecule has 1 aromatic heterocycles. The molecule has 0 bridgehead atoms. The van der Waals surface area contributed by atoms with Crippen LogP contribution in [0.3, 0.4) is 0 Å². The number of carbonyl (C=O) groups is 1. The zero-order valence-electron chi connectivity index (χ0n) is 17.4. The van der Waals surface area contributed by atoms with Gasteiger partial charge in [0.25, 0.3) is 0 Å². The first-order valence-electron chi connectivity index (χ1n) is 11.0. The maximum absolute atomic E-state index is 11.5. The van der Waals surface area contributed by atoms with Crippen molar-refractivity contribution in [3.8, 4) is 5.75 Å². The van der Waals surface area contributed by atoms with Gasteiger partial charge in [-0.3, -0.25) is 4.79 Å². The molecule has 2 atom stereocenters. The largest absolute Gasteiger partial charge is 0.493 e. The number of nitrogens with zero attached hydrogens (tertiary/aromatic N) is 1. The fraction of sp³-hybridized carbons (Fsp3) is 0.583.